The fourth-order valence-corrected chi connectivity index (χ4v) is 3.89. The van der Waals surface area contributed by atoms with Crippen LogP contribution < -0.4 is 27.0 Å². The van der Waals surface area contributed by atoms with Crippen LogP contribution >= 0.6 is 0 Å². The zero-order valence-corrected chi connectivity index (χ0v) is 27.4. The summed E-state index contributed by atoms with van der Waals surface area (Å²) < 4.78 is 5.32. The summed E-state index contributed by atoms with van der Waals surface area (Å²) in [5.41, 5.74) is 5.23. The van der Waals surface area contributed by atoms with Crippen LogP contribution in [0.15, 0.2) is 24.3 Å². The van der Waals surface area contributed by atoms with Crippen LogP contribution in [0.25, 0.3) is 0 Å². The third-order valence-corrected chi connectivity index (χ3v) is 6.72. The topological polar surface area (TPSA) is 186 Å². The van der Waals surface area contributed by atoms with Crippen molar-refractivity contribution < 1.29 is 33.5 Å². The Bertz CT molecular complexity index is 1150. The molecule has 12 heteroatoms. The number of carbonyl (C=O) groups excluding carboxylic acids is 6. The van der Waals surface area contributed by atoms with E-state index < -0.39 is 40.8 Å². The number of ketones is 1. The molecule has 1 rings (SSSR count). The molecule has 2 unspecified atom stereocenters. The minimum atomic E-state index is -0.979. The second-order valence-corrected chi connectivity index (χ2v) is 13.3. The van der Waals surface area contributed by atoms with Crippen LogP contribution in [-0.4, -0.2) is 54.1 Å². The van der Waals surface area contributed by atoms with Gasteiger partial charge in [-0.25, -0.2) is 4.79 Å². The number of rotatable bonds is 16. The number of carbonyl (C=O) groups is 6. The highest BCUT2D eigenvalue weighted by Gasteiger charge is 2.29. The van der Waals surface area contributed by atoms with Gasteiger partial charge in [-0.05, 0) is 63.6 Å². The molecule has 0 heterocycles. The van der Waals surface area contributed by atoms with Gasteiger partial charge in [0.1, 0.15) is 24.5 Å². The number of amides is 5. The Morgan fingerprint density at radius 3 is 1.95 bits per heavy atom. The second kappa shape index (κ2) is 17.4. The molecule has 0 aliphatic heterocycles. The monoisotopic (exact) mass is 617 g/mol. The van der Waals surface area contributed by atoms with Gasteiger partial charge in [0.25, 0.3) is 0 Å². The average Bonchev–Trinajstić information content (AvgIpc) is 2.91. The molecule has 12 nitrogen and oxygen atoms in total. The molecule has 246 valence electrons. The van der Waals surface area contributed by atoms with Crippen LogP contribution in [0.5, 0.6) is 0 Å². The molecule has 0 saturated carbocycles. The Morgan fingerprint density at radius 2 is 1.43 bits per heavy atom. The SMILES string of the molecule is CC(C)C(NC(=O)CCCC(=O)C(C)(C)C)C(=O)NC(CCCNC(N)=O)C(=O)Nc1ccc(COC(=O)C(C)(C)C)cc1. The van der Waals surface area contributed by atoms with E-state index in [0.717, 1.165) is 5.56 Å². The van der Waals surface area contributed by atoms with Crippen molar-refractivity contribution in [2.24, 2.45) is 22.5 Å². The van der Waals surface area contributed by atoms with Crippen molar-refractivity contribution in [1.29, 1.82) is 0 Å². The van der Waals surface area contributed by atoms with Gasteiger partial charge in [-0.15, -0.1) is 0 Å². The third-order valence-electron chi connectivity index (χ3n) is 6.72. The molecule has 0 aliphatic rings. The summed E-state index contributed by atoms with van der Waals surface area (Å²) in [6.07, 6.45) is 1.25. The van der Waals surface area contributed by atoms with E-state index in [1.54, 1.807) is 58.9 Å². The summed E-state index contributed by atoms with van der Waals surface area (Å²) in [4.78, 5) is 74.4. The van der Waals surface area contributed by atoms with Gasteiger partial charge < -0.3 is 31.7 Å². The van der Waals surface area contributed by atoms with E-state index in [1.807, 2.05) is 20.8 Å². The number of urea groups is 1. The minimum Gasteiger partial charge on any atom is -0.460 e. The lowest BCUT2D eigenvalue weighted by Crippen LogP contribution is -2.54. The molecule has 0 spiro atoms. The molecule has 2 atom stereocenters. The smallest absolute Gasteiger partial charge is 0.312 e. The van der Waals surface area contributed by atoms with Crippen LogP contribution in [0.2, 0.25) is 0 Å². The van der Waals surface area contributed by atoms with Crippen LogP contribution in [0, 0.1) is 16.7 Å². The van der Waals surface area contributed by atoms with E-state index in [2.05, 4.69) is 21.3 Å². The minimum absolute atomic E-state index is 0.0572. The normalized spacial score (nSPS) is 12.9. The van der Waals surface area contributed by atoms with Gasteiger partial charge in [0.2, 0.25) is 17.7 Å². The van der Waals surface area contributed by atoms with Crippen molar-refractivity contribution >= 4 is 41.2 Å². The number of ether oxygens (including phenoxy) is 1. The lowest BCUT2D eigenvalue weighted by atomic mass is 9.88. The molecule has 0 radical (unpaired) electrons. The number of hydrogen-bond acceptors (Lipinski definition) is 7. The predicted molar refractivity (Wildman–Crippen MR) is 168 cm³/mol. The molecule has 0 aliphatic carbocycles. The maximum absolute atomic E-state index is 13.3. The van der Waals surface area contributed by atoms with E-state index >= 15 is 0 Å². The van der Waals surface area contributed by atoms with Crippen molar-refractivity contribution in [2.45, 2.75) is 106 Å². The molecule has 5 amide bonds. The van der Waals surface area contributed by atoms with Gasteiger partial charge in [0, 0.05) is 30.5 Å². The Kier molecular flexibility index (Phi) is 15.0. The van der Waals surface area contributed by atoms with E-state index in [9.17, 15) is 28.8 Å². The van der Waals surface area contributed by atoms with Crippen LogP contribution in [0.4, 0.5) is 10.5 Å². The Hall–Kier alpha value is -3.96. The Balaban J connectivity index is 2.89. The molecule has 1 aromatic carbocycles. The summed E-state index contributed by atoms with van der Waals surface area (Å²) in [5, 5.41) is 10.7. The highest BCUT2D eigenvalue weighted by Crippen LogP contribution is 2.19. The van der Waals surface area contributed by atoms with Crippen LogP contribution in [0.1, 0.15) is 93.1 Å². The number of benzene rings is 1. The van der Waals surface area contributed by atoms with Gasteiger partial charge in [-0.3, -0.25) is 24.0 Å². The lowest BCUT2D eigenvalue weighted by molar-refractivity contribution is -0.154. The average molecular weight is 618 g/mol. The zero-order valence-electron chi connectivity index (χ0n) is 27.4. The first kappa shape index (κ1) is 38.1. The zero-order chi connectivity index (χ0) is 33.7. The van der Waals surface area contributed by atoms with Crippen LogP contribution in [0.3, 0.4) is 0 Å². The summed E-state index contributed by atoms with van der Waals surface area (Å²) in [7, 11) is 0. The number of nitrogens with two attached hydrogens (primary N) is 1. The standard InChI is InChI=1S/C32H51N5O7/c1-20(2)26(37-25(39)13-9-12-24(38)31(3,4)5)28(41)36-23(11-10-18-34-30(33)43)27(40)35-22-16-14-21(15-17-22)19-44-29(42)32(6,7)8/h14-17,20,23,26H,9-13,18-19H2,1-8H3,(H,35,40)(H,36,41)(H,37,39)(H3,33,34,43). The van der Waals surface area contributed by atoms with Gasteiger partial charge in [0.05, 0.1) is 5.41 Å². The molecule has 44 heavy (non-hydrogen) atoms. The fourth-order valence-electron chi connectivity index (χ4n) is 3.89. The van der Waals surface area contributed by atoms with Crippen molar-refractivity contribution in [1.82, 2.24) is 16.0 Å². The molecule has 0 bridgehead atoms. The number of esters is 1. The number of anilines is 1. The van der Waals surface area contributed by atoms with Crippen molar-refractivity contribution in [2.75, 3.05) is 11.9 Å². The van der Waals surface area contributed by atoms with Gasteiger partial charge in [0.15, 0.2) is 0 Å². The van der Waals surface area contributed by atoms with Gasteiger partial charge in [-0.2, -0.15) is 0 Å². The largest absolute Gasteiger partial charge is 0.460 e. The van der Waals surface area contributed by atoms with Crippen molar-refractivity contribution in [3.05, 3.63) is 29.8 Å². The molecule has 1 aromatic rings. The molecular formula is C32H51N5O7. The first-order valence-electron chi connectivity index (χ1n) is 15.0. The highest BCUT2D eigenvalue weighted by atomic mass is 16.5. The number of Topliss-reactive ketones (excluding diaryl/α,β-unsaturated/α-hetero) is 1. The lowest BCUT2D eigenvalue weighted by Gasteiger charge is -2.25. The van der Waals surface area contributed by atoms with E-state index in [0.29, 0.717) is 18.5 Å². The Labute approximate surface area is 261 Å². The van der Waals surface area contributed by atoms with Gasteiger partial charge >= 0.3 is 12.0 Å². The maximum Gasteiger partial charge on any atom is 0.312 e. The molecule has 0 fully saturated rings. The fraction of sp³-hybridized carbons (Fsp3) is 0.625. The first-order valence-corrected chi connectivity index (χ1v) is 15.0. The summed E-state index contributed by atoms with van der Waals surface area (Å²) in [6, 6.07) is 4.17. The second-order valence-electron chi connectivity index (χ2n) is 13.3. The van der Waals surface area contributed by atoms with E-state index in [-0.39, 0.29) is 56.0 Å². The highest BCUT2D eigenvalue weighted by molar-refractivity contribution is 5.98. The summed E-state index contributed by atoms with van der Waals surface area (Å²) in [6.45, 7) is 14.6. The first-order chi connectivity index (χ1) is 20.3. The van der Waals surface area contributed by atoms with E-state index in [4.69, 9.17) is 10.5 Å². The Morgan fingerprint density at radius 1 is 0.818 bits per heavy atom. The number of hydrogen-bond donors (Lipinski definition) is 5. The number of primary amides is 1. The third kappa shape index (κ3) is 14.5. The molecule has 0 aromatic heterocycles. The van der Waals surface area contributed by atoms with Crippen LogP contribution in [-0.2, 0) is 35.3 Å². The van der Waals surface area contributed by atoms with Crippen molar-refractivity contribution in [3.63, 3.8) is 0 Å². The maximum atomic E-state index is 13.3. The summed E-state index contributed by atoms with van der Waals surface area (Å²) in [5.74, 6) is -1.93. The molecule has 0 saturated heterocycles. The quantitative estimate of drug-likeness (QED) is 0.139. The molecular weight excluding hydrogens is 566 g/mol. The van der Waals surface area contributed by atoms with E-state index in [1.165, 1.54) is 0 Å². The van der Waals surface area contributed by atoms with Gasteiger partial charge in [-0.1, -0.05) is 46.8 Å². The number of nitrogens with one attached hydrogen (secondary N) is 4. The van der Waals surface area contributed by atoms with Crippen molar-refractivity contribution in [3.8, 4) is 0 Å². The summed E-state index contributed by atoms with van der Waals surface area (Å²) >= 11 is 0. The predicted octanol–water partition coefficient (Wildman–Crippen LogP) is 3.57. The molecule has 6 N–H and O–H groups in total.